The van der Waals surface area contributed by atoms with Crippen LogP contribution in [0.2, 0.25) is 0 Å². The molecule has 4 nitrogen and oxygen atoms in total. The molecule has 2 fully saturated rings. The standard InChI is InChI=1S/C10H17NO3/c1-7(8-2-3-14-6-8)11-5-9(12)4-10(11)13/h7-9,12H,2-6H2,1H3. The number of ether oxygens (including phenoxy) is 1. The summed E-state index contributed by atoms with van der Waals surface area (Å²) in [5.41, 5.74) is 0. The summed E-state index contributed by atoms with van der Waals surface area (Å²) in [6.45, 7) is 4.10. The van der Waals surface area contributed by atoms with Crippen molar-refractivity contribution in [1.29, 1.82) is 0 Å². The van der Waals surface area contributed by atoms with E-state index >= 15 is 0 Å². The molecule has 0 radical (unpaired) electrons. The largest absolute Gasteiger partial charge is 0.391 e. The van der Waals surface area contributed by atoms with Crippen molar-refractivity contribution < 1.29 is 14.6 Å². The lowest BCUT2D eigenvalue weighted by Crippen LogP contribution is -2.40. The minimum atomic E-state index is -0.465. The maximum atomic E-state index is 11.5. The highest BCUT2D eigenvalue weighted by atomic mass is 16.5. The summed E-state index contributed by atoms with van der Waals surface area (Å²) in [7, 11) is 0. The van der Waals surface area contributed by atoms with E-state index in [2.05, 4.69) is 6.92 Å². The van der Waals surface area contributed by atoms with Crippen molar-refractivity contribution in [2.45, 2.75) is 31.9 Å². The first-order chi connectivity index (χ1) is 6.68. The number of likely N-dealkylation sites (tertiary alicyclic amines) is 1. The Morgan fingerprint density at radius 3 is 2.93 bits per heavy atom. The fourth-order valence-corrected chi connectivity index (χ4v) is 2.29. The van der Waals surface area contributed by atoms with Gasteiger partial charge in [0.05, 0.1) is 19.1 Å². The van der Waals surface area contributed by atoms with Crippen LogP contribution in [0.25, 0.3) is 0 Å². The predicted molar refractivity (Wildman–Crippen MR) is 50.7 cm³/mol. The lowest BCUT2D eigenvalue weighted by Gasteiger charge is -2.28. The molecular weight excluding hydrogens is 182 g/mol. The summed E-state index contributed by atoms with van der Waals surface area (Å²) >= 11 is 0. The zero-order valence-electron chi connectivity index (χ0n) is 8.48. The van der Waals surface area contributed by atoms with Gasteiger partial charge in [-0.1, -0.05) is 0 Å². The van der Waals surface area contributed by atoms with Crippen LogP contribution in [0, 0.1) is 5.92 Å². The van der Waals surface area contributed by atoms with E-state index in [0.29, 0.717) is 12.5 Å². The lowest BCUT2D eigenvalue weighted by atomic mass is 9.99. The van der Waals surface area contributed by atoms with Crippen molar-refractivity contribution in [1.82, 2.24) is 4.90 Å². The smallest absolute Gasteiger partial charge is 0.225 e. The first kappa shape index (κ1) is 9.93. The van der Waals surface area contributed by atoms with Crippen LogP contribution in [0.15, 0.2) is 0 Å². The van der Waals surface area contributed by atoms with Crippen molar-refractivity contribution in [3.63, 3.8) is 0 Å². The molecule has 0 aliphatic carbocycles. The first-order valence-electron chi connectivity index (χ1n) is 5.23. The third kappa shape index (κ3) is 1.77. The summed E-state index contributed by atoms with van der Waals surface area (Å²) in [6.07, 6.45) is 0.853. The molecule has 3 unspecified atom stereocenters. The molecule has 0 aromatic rings. The Morgan fingerprint density at radius 2 is 2.43 bits per heavy atom. The van der Waals surface area contributed by atoms with Crippen molar-refractivity contribution in [3.8, 4) is 0 Å². The number of aliphatic hydroxyl groups excluding tert-OH is 1. The van der Waals surface area contributed by atoms with Gasteiger partial charge in [0.25, 0.3) is 0 Å². The Balaban J connectivity index is 1.96. The van der Waals surface area contributed by atoms with E-state index in [9.17, 15) is 9.90 Å². The summed E-state index contributed by atoms with van der Waals surface area (Å²) < 4.78 is 5.30. The van der Waals surface area contributed by atoms with Gasteiger partial charge in [0, 0.05) is 25.1 Å². The first-order valence-corrected chi connectivity index (χ1v) is 5.23. The number of β-amino-alcohol motifs (C(OH)–C–C–N with tert-alkyl or cyclic N) is 1. The number of nitrogens with zero attached hydrogens (tertiary/aromatic N) is 1. The van der Waals surface area contributed by atoms with E-state index < -0.39 is 6.10 Å². The monoisotopic (exact) mass is 199 g/mol. The van der Waals surface area contributed by atoms with E-state index in [-0.39, 0.29) is 18.4 Å². The van der Waals surface area contributed by atoms with Crippen LogP contribution in [-0.4, -0.2) is 47.8 Å². The Kier molecular flexibility index (Phi) is 2.74. The Bertz CT molecular complexity index is 225. The van der Waals surface area contributed by atoms with E-state index in [1.165, 1.54) is 0 Å². The number of carbonyl (C=O) groups excluding carboxylic acids is 1. The van der Waals surface area contributed by atoms with Gasteiger partial charge >= 0.3 is 0 Å². The number of hydrogen-bond donors (Lipinski definition) is 1. The van der Waals surface area contributed by atoms with Crippen molar-refractivity contribution in [3.05, 3.63) is 0 Å². The average Bonchev–Trinajstić information content (AvgIpc) is 2.73. The summed E-state index contributed by atoms with van der Waals surface area (Å²) in [4.78, 5) is 13.3. The van der Waals surface area contributed by atoms with E-state index in [1.807, 2.05) is 0 Å². The van der Waals surface area contributed by atoms with Crippen LogP contribution in [0.1, 0.15) is 19.8 Å². The third-order valence-corrected chi connectivity index (χ3v) is 3.28. The van der Waals surface area contributed by atoms with Crippen LogP contribution in [0.5, 0.6) is 0 Å². The van der Waals surface area contributed by atoms with Crippen molar-refractivity contribution in [2.75, 3.05) is 19.8 Å². The second-order valence-electron chi connectivity index (χ2n) is 4.27. The minimum Gasteiger partial charge on any atom is -0.391 e. The number of rotatable bonds is 2. The molecule has 0 spiro atoms. The molecule has 3 atom stereocenters. The molecule has 2 saturated heterocycles. The fourth-order valence-electron chi connectivity index (χ4n) is 2.29. The van der Waals surface area contributed by atoms with Gasteiger partial charge in [0.2, 0.25) is 5.91 Å². The second-order valence-corrected chi connectivity index (χ2v) is 4.27. The Hall–Kier alpha value is -0.610. The molecule has 1 amide bonds. The number of amides is 1. The minimum absolute atomic E-state index is 0.0805. The zero-order chi connectivity index (χ0) is 10.1. The SMILES string of the molecule is CC(C1CCOC1)N1CC(O)CC1=O. The molecule has 80 valence electrons. The zero-order valence-corrected chi connectivity index (χ0v) is 8.48. The Morgan fingerprint density at radius 1 is 1.64 bits per heavy atom. The van der Waals surface area contributed by atoms with Gasteiger partial charge in [-0.25, -0.2) is 0 Å². The lowest BCUT2D eigenvalue weighted by molar-refractivity contribution is -0.130. The summed E-state index contributed by atoms with van der Waals surface area (Å²) in [6, 6.07) is 0.210. The highest BCUT2D eigenvalue weighted by Crippen LogP contribution is 2.24. The summed E-state index contributed by atoms with van der Waals surface area (Å²) in [5, 5.41) is 9.37. The fraction of sp³-hybridized carbons (Fsp3) is 0.900. The maximum absolute atomic E-state index is 11.5. The van der Waals surface area contributed by atoms with Gasteiger partial charge in [-0.05, 0) is 13.3 Å². The van der Waals surface area contributed by atoms with Crippen LogP contribution >= 0.6 is 0 Å². The van der Waals surface area contributed by atoms with Crippen molar-refractivity contribution >= 4 is 5.91 Å². The molecule has 1 N–H and O–H groups in total. The molecule has 0 aromatic heterocycles. The second kappa shape index (κ2) is 3.87. The normalized spacial score (nSPS) is 35.3. The van der Waals surface area contributed by atoms with Gasteiger partial charge < -0.3 is 14.7 Å². The molecule has 14 heavy (non-hydrogen) atoms. The van der Waals surface area contributed by atoms with Crippen LogP contribution in [-0.2, 0) is 9.53 Å². The third-order valence-electron chi connectivity index (χ3n) is 3.28. The van der Waals surface area contributed by atoms with Crippen molar-refractivity contribution in [2.24, 2.45) is 5.92 Å². The quantitative estimate of drug-likeness (QED) is 0.681. The highest BCUT2D eigenvalue weighted by molar-refractivity contribution is 5.79. The maximum Gasteiger partial charge on any atom is 0.225 e. The average molecular weight is 199 g/mol. The molecule has 0 bridgehead atoms. The van der Waals surface area contributed by atoms with Crippen LogP contribution in [0.4, 0.5) is 0 Å². The van der Waals surface area contributed by atoms with Crippen LogP contribution in [0.3, 0.4) is 0 Å². The molecule has 0 aromatic carbocycles. The molecule has 2 rings (SSSR count). The molecular formula is C10H17NO3. The van der Waals surface area contributed by atoms with Gasteiger partial charge in [0.1, 0.15) is 0 Å². The molecule has 4 heteroatoms. The van der Waals surface area contributed by atoms with E-state index in [1.54, 1.807) is 4.90 Å². The number of hydrogen-bond acceptors (Lipinski definition) is 3. The number of aliphatic hydroxyl groups is 1. The molecule has 2 aliphatic rings. The molecule has 0 saturated carbocycles. The van der Waals surface area contributed by atoms with Crippen LogP contribution < -0.4 is 0 Å². The summed E-state index contributed by atoms with van der Waals surface area (Å²) in [5.74, 6) is 0.529. The highest BCUT2D eigenvalue weighted by Gasteiger charge is 2.35. The molecule has 2 heterocycles. The Labute approximate surface area is 83.8 Å². The van der Waals surface area contributed by atoms with E-state index in [4.69, 9.17) is 4.74 Å². The molecule has 2 aliphatic heterocycles. The van der Waals surface area contributed by atoms with Gasteiger partial charge in [0.15, 0.2) is 0 Å². The topological polar surface area (TPSA) is 49.8 Å². The van der Waals surface area contributed by atoms with E-state index in [0.717, 1.165) is 19.6 Å². The van der Waals surface area contributed by atoms with Gasteiger partial charge in [-0.3, -0.25) is 4.79 Å². The number of carbonyl (C=O) groups is 1. The van der Waals surface area contributed by atoms with Gasteiger partial charge in [-0.15, -0.1) is 0 Å². The predicted octanol–water partition coefficient (Wildman–Crippen LogP) is 0.00460. The van der Waals surface area contributed by atoms with Gasteiger partial charge in [-0.2, -0.15) is 0 Å².